The molecule has 1 aliphatic rings. The summed E-state index contributed by atoms with van der Waals surface area (Å²) in [7, 11) is 0. The highest BCUT2D eigenvalue weighted by Crippen LogP contribution is 2.29. The fourth-order valence-corrected chi connectivity index (χ4v) is 3.43. The lowest BCUT2D eigenvalue weighted by Crippen LogP contribution is -2.30. The summed E-state index contributed by atoms with van der Waals surface area (Å²) in [6, 6.07) is 16.5. The van der Waals surface area contributed by atoms with Gasteiger partial charge in [-0.25, -0.2) is 4.39 Å². The van der Waals surface area contributed by atoms with Crippen molar-refractivity contribution in [3.05, 3.63) is 65.5 Å². The van der Waals surface area contributed by atoms with Gasteiger partial charge in [-0.2, -0.15) is 0 Å². The van der Waals surface area contributed by atoms with Gasteiger partial charge in [0.2, 0.25) is 0 Å². The van der Waals surface area contributed by atoms with Crippen LogP contribution in [0.3, 0.4) is 0 Å². The predicted molar refractivity (Wildman–Crippen MR) is 95.6 cm³/mol. The highest BCUT2D eigenvalue weighted by molar-refractivity contribution is 5.48. The Labute approximate surface area is 139 Å². The third kappa shape index (κ3) is 3.74. The lowest BCUT2D eigenvalue weighted by Gasteiger charge is -2.27. The topological polar surface area (TPSA) is 3.24 Å². The third-order valence-corrected chi connectivity index (χ3v) is 4.83. The molecule has 2 heteroatoms. The maximum Gasteiger partial charge on any atom is 0.123 e. The number of hydrogen-bond acceptors (Lipinski definition) is 1. The van der Waals surface area contributed by atoms with E-state index < -0.39 is 0 Å². The molecule has 1 saturated heterocycles. The Bertz CT molecular complexity index is 637. The van der Waals surface area contributed by atoms with E-state index in [0.29, 0.717) is 6.04 Å². The van der Waals surface area contributed by atoms with Gasteiger partial charge in [0.1, 0.15) is 5.82 Å². The Hall–Kier alpha value is -1.83. The largest absolute Gasteiger partial charge is 0.368 e. The minimum absolute atomic E-state index is 0.165. The molecular weight excluding hydrogens is 285 g/mol. The highest BCUT2D eigenvalue weighted by atomic mass is 19.1. The number of anilines is 1. The Morgan fingerprint density at radius 2 is 1.65 bits per heavy atom. The molecule has 1 aliphatic heterocycles. The zero-order valence-corrected chi connectivity index (χ0v) is 14.3. The van der Waals surface area contributed by atoms with Crippen molar-refractivity contribution >= 4 is 5.69 Å². The Morgan fingerprint density at radius 3 is 2.26 bits per heavy atom. The van der Waals surface area contributed by atoms with Gasteiger partial charge in [0.25, 0.3) is 0 Å². The molecular formula is C21H26FN. The first-order chi connectivity index (χ1) is 10.9. The lowest BCUT2D eigenvalue weighted by atomic mass is 9.86. The van der Waals surface area contributed by atoms with Crippen LogP contribution in [0.15, 0.2) is 48.5 Å². The van der Waals surface area contributed by atoms with Gasteiger partial charge in [0.05, 0.1) is 0 Å². The highest BCUT2D eigenvalue weighted by Gasteiger charge is 2.25. The lowest BCUT2D eigenvalue weighted by molar-refractivity contribution is 0.589. The predicted octanol–water partition coefficient (Wildman–Crippen LogP) is 5.33. The van der Waals surface area contributed by atoms with Crippen LogP contribution in [0.2, 0.25) is 0 Å². The van der Waals surface area contributed by atoms with Gasteiger partial charge >= 0.3 is 0 Å². The zero-order chi connectivity index (χ0) is 16.4. The van der Waals surface area contributed by atoms with E-state index in [2.05, 4.69) is 49.9 Å². The Morgan fingerprint density at radius 1 is 1.00 bits per heavy atom. The van der Waals surface area contributed by atoms with Gasteiger partial charge in [-0.15, -0.1) is 0 Å². The van der Waals surface area contributed by atoms with Crippen molar-refractivity contribution in [1.82, 2.24) is 0 Å². The van der Waals surface area contributed by atoms with Crippen molar-refractivity contribution in [2.75, 3.05) is 11.4 Å². The average Bonchev–Trinajstić information content (AvgIpc) is 2.96. The quantitative estimate of drug-likeness (QED) is 0.740. The summed E-state index contributed by atoms with van der Waals surface area (Å²) in [4.78, 5) is 2.43. The van der Waals surface area contributed by atoms with E-state index in [-0.39, 0.29) is 11.2 Å². The van der Waals surface area contributed by atoms with Crippen LogP contribution in [0.1, 0.15) is 44.7 Å². The van der Waals surface area contributed by atoms with Crippen LogP contribution in [0.5, 0.6) is 0 Å². The van der Waals surface area contributed by atoms with Gasteiger partial charge in [-0.3, -0.25) is 0 Å². The van der Waals surface area contributed by atoms with Crippen LogP contribution in [0.25, 0.3) is 0 Å². The van der Waals surface area contributed by atoms with E-state index in [9.17, 15) is 4.39 Å². The fourth-order valence-electron chi connectivity index (χ4n) is 3.43. The van der Waals surface area contributed by atoms with Gasteiger partial charge in [-0.1, -0.05) is 45.0 Å². The molecule has 2 aromatic carbocycles. The second kappa shape index (κ2) is 6.35. The summed E-state index contributed by atoms with van der Waals surface area (Å²) < 4.78 is 13.1. The molecule has 3 rings (SSSR count). The maximum absolute atomic E-state index is 13.1. The standard InChI is InChI=1S/C21H26FN/c1-21(2,3)17-8-6-16(7-9-17)15-20-5-4-14-23(20)19-12-10-18(22)11-13-19/h6-13,20H,4-5,14-15H2,1-3H3. The van der Waals surface area contributed by atoms with Crippen molar-refractivity contribution in [3.63, 3.8) is 0 Å². The van der Waals surface area contributed by atoms with Crippen LogP contribution in [0, 0.1) is 5.82 Å². The molecule has 1 heterocycles. The molecule has 1 unspecified atom stereocenters. The van der Waals surface area contributed by atoms with E-state index in [0.717, 1.165) is 18.7 Å². The molecule has 1 atom stereocenters. The fraction of sp³-hybridized carbons (Fsp3) is 0.429. The van der Waals surface area contributed by atoms with E-state index in [1.165, 1.54) is 24.0 Å². The number of nitrogens with zero attached hydrogens (tertiary/aromatic N) is 1. The molecule has 0 spiro atoms. The van der Waals surface area contributed by atoms with Crippen molar-refractivity contribution in [2.45, 2.75) is 51.5 Å². The minimum atomic E-state index is -0.165. The SMILES string of the molecule is CC(C)(C)c1ccc(CC2CCCN2c2ccc(F)cc2)cc1. The zero-order valence-electron chi connectivity index (χ0n) is 14.3. The molecule has 0 radical (unpaired) electrons. The van der Waals surface area contributed by atoms with E-state index >= 15 is 0 Å². The summed E-state index contributed by atoms with van der Waals surface area (Å²) in [5.74, 6) is -0.165. The van der Waals surface area contributed by atoms with Crippen LogP contribution in [-0.2, 0) is 11.8 Å². The molecule has 0 aromatic heterocycles. The molecule has 1 nitrogen and oxygen atoms in total. The van der Waals surface area contributed by atoms with Crippen LogP contribution in [-0.4, -0.2) is 12.6 Å². The normalized spacial score (nSPS) is 18.4. The Balaban J connectivity index is 1.72. The summed E-state index contributed by atoms with van der Waals surface area (Å²) in [5, 5.41) is 0. The van der Waals surface area contributed by atoms with E-state index in [4.69, 9.17) is 0 Å². The third-order valence-electron chi connectivity index (χ3n) is 4.83. The van der Waals surface area contributed by atoms with Crippen LogP contribution in [0.4, 0.5) is 10.1 Å². The molecule has 0 saturated carbocycles. The Kier molecular flexibility index (Phi) is 4.43. The first-order valence-corrected chi connectivity index (χ1v) is 8.55. The maximum atomic E-state index is 13.1. The smallest absolute Gasteiger partial charge is 0.123 e. The van der Waals surface area contributed by atoms with Crippen molar-refractivity contribution in [3.8, 4) is 0 Å². The van der Waals surface area contributed by atoms with Crippen LogP contribution < -0.4 is 4.90 Å². The van der Waals surface area contributed by atoms with Gasteiger partial charge in [0.15, 0.2) is 0 Å². The molecule has 0 amide bonds. The summed E-state index contributed by atoms with van der Waals surface area (Å²) in [6.45, 7) is 7.80. The van der Waals surface area contributed by atoms with Crippen LogP contribution >= 0.6 is 0 Å². The summed E-state index contributed by atoms with van der Waals surface area (Å²) >= 11 is 0. The second-order valence-electron chi connectivity index (χ2n) is 7.62. The number of halogens is 1. The van der Waals surface area contributed by atoms with Gasteiger partial charge in [-0.05, 0) is 60.1 Å². The van der Waals surface area contributed by atoms with E-state index in [1.807, 2.05) is 12.1 Å². The molecule has 0 N–H and O–H groups in total. The molecule has 23 heavy (non-hydrogen) atoms. The van der Waals surface area contributed by atoms with E-state index in [1.54, 1.807) is 12.1 Å². The van der Waals surface area contributed by atoms with Gasteiger partial charge in [0, 0.05) is 18.3 Å². The number of benzene rings is 2. The van der Waals surface area contributed by atoms with Gasteiger partial charge < -0.3 is 4.90 Å². The molecule has 0 bridgehead atoms. The molecule has 0 aliphatic carbocycles. The van der Waals surface area contributed by atoms with Crippen molar-refractivity contribution < 1.29 is 4.39 Å². The monoisotopic (exact) mass is 311 g/mol. The van der Waals surface area contributed by atoms with Crippen molar-refractivity contribution in [1.29, 1.82) is 0 Å². The first kappa shape index (κ1) is 16.0. The summed E-state index contributed by atoms with van der Waals surface area (Å²) in [5.41, 5.74) is 4.10. The van der Waals surface area contributed by atoms with Crippen molar-refractivity contribution in [2.24, 2.45) is 0 Å². The molecule has 1 fully saturated rings. The average molecular weight is 311 g/mol. The first-order valence-electron chi connectivity index (χ1n) is 8.55. The summed E-state index contributed by atoms with van der Waals surface area (Å²) in [6.07, 6.45) is 3.47. The molecule has 2 aromatic rings. The second-order valence-corrected chi connectivity index (χ2v) is 7.62. The molecule has 122 valence electrons. The number of hydrogen-bond donors (Lipinski definition) is 0. The number of rotatable bonds is 3. The minimum Gasteiger partial charge on any atom is -0.368 e.